The van der Waals surface area contributed by atoms with E-state index in [0.717, 1.165) is 11.3 Å². The van der Waals surface area contributed by atoms with E-state index in [1.165, 1.54) is 11.1 Å². The fourth-order valence-corrected chi connectivity index (χ4v) is 2.48. The van der Waals surface area contributed by atoms with E-state index >= 15 is 0 Å². The van der Waals surface area contributed by atoms with Gasteiger partial charge in [0.15, 0.2) is 0 Å². The Balaban J connectivity index is 2.29. The fraction of sp³-hybridized carbons (Fsp3) is 0.381. The Morgan fingerprint density at radius 1 is 1.15 bits per heavy atom. The summed E-state index contributed by atoms with van der Waals surface area (Å²) in [5.74, 6) is -0.00499. The van der Waals surface area contributed by atoms with Crippen LogP contribution in [0.4, 0.5) is 0 Å². The first-order valence-electron chi connectivity index (χ1n) is 8.78. The highest BCUT2D eigenvalue weighted by Gasteiger charge is 2.30. The zero-order valence-electron chi connectivity index (χ0n) is 16.4. The molecule has 1 amide bonds. The summed E-state index contributed by atoms with van der Waals surface area (Å²) in [5.41, 5.74) is 0.666. The molecule has 1 aromatic carbocycles. The smallest absolute Gasteiger partial charge is 0.329 e. The van der Waals surface area contributed by atoms with Gasteiger partial charge in [0.25, 0.3) is 5.91 Å². The summed E-state index contributed by atoms with van der Waals surface area (Å²) >= 11 is 0. The third kappa shape index (κ3) is 5.81. The average Bonchev–Trinajstić information content (AvgIpc) is 2.65. The van der Waals surface area contributed by atoms with Crippen LogP contribution in [0.5, 0.6) is 5.75 Å². The van der Waals surface area contributed by atoms with E-state index in [1.807, 2.05) is 24.3 Å². The molecule has 1 aromatic heterocycles. The maximum Gasteiger partial charge on any atom is 0.329 e. The lowest BCUT2D eigenvalue weighted by Crippen LogP contribution is -2.45. The molecule has 0 spiro atoms. The molecule has 6 nitrogen and oxygen atoms in total. The topological polar surface area (TPSA) is 68.7 Å². The summed E-state index contributed by atoms with van der Waals surface area (Å²) in [5, 5.41) is 0. The van der Waals surface area contributed by atoms with E-state index < -0.39 is 17.6 Å². The van der Waals surface area contributed by atoms with Crippen LogP contribution >= 0.6 is 0 Å². The van der Waals surface area contributed by atoms with E-state index in [-0.39, 0.29) is 12.5 Å². The molecule has 0 aliphatic rings. The molecular weight excluding hydrogens is 344 g/mol. The molecule has 6 heteroatoms. The van der Waals surface area contributed by atoms with Gasteiger partial charge in [-0.1, -0.05) is 12.1 Å². The predicted molar refractivity (Wildman–Crippen MR) is 102 cm³/mol. The van der Waals surface area contributed by atoms with Crippen LogP contribution in [0.3, 0.4) is 0 Å². The van der Waals surface area contributed by atoms with Crippen LogP contribution in [0.2, 0.25) is 0 Å². The molecule has 144 valence electrons. The minimum Gasteiger partial charge on any atom is -0.497 e. The second kappa shape index (κ2) is 8.66. The standard InChI is InChI=1S/C21H26N2O4/c1-15(20(25)27-21(2,3)4)23(19(24)17-7-6-12-22-13-17)14-16-8-10-18(26-5)11-9-16/h6-13,15H,14H2,1-5H3. The summed E-state index contributed by atoms with van der Waals surface area (Å²) < 4.78 is 10.6. The molecule has 1 unspecified atom stereocenters. The van der Waals surface area contributed by atoms with Crippen LogP contribution < -0.4 is 4.74 Å². The van der Waals surface area contributed by atoms with Crippen molar-refractivity contribution in [3.63, 3.8) is 0 Å². The molecule has 1 atom stereocenters. The van der Waals surface area contributed by atoms with Gasteiger partial charge in [-0.3, -0.25) is 9.78 Å². The van der Waals surface area contributed by atoms with Crippen molar-refractivity contribution in [2.24, 2.45) is 0 Å². The van der Waals surface area contributed by atoms with E-state index in [9.17, 15) is 9.59 Å². The number of esters is 1. The number of hydrogen-bond acceptors (Lipinski definition) is 5. The highest BCUT2D eigenvalue weighted by molar-refractivity contribution is 5.96. The van der Waals surface area contributed by atoms with E-state index in [4.69, 9.17) is 9.47 Å². The van der Waals surface area contributed by atoms with Crippen LogP contribution in [-0.2, 0) is 16.1 Å². The number of pyridine rings is 1. The number of aromatic nitrogens is 1. The zero-order valence-corrected chi connectivity index (χ0v) is 16.4. The Morgan fingerprint density at radius 3 is 2.33 bits per heavy atom. The molecule has 0 fully saturated rings. The molecule has 0 bridgehead atoms. The van der Waals surface area contributed by atoms with Gasteiger partial charge in [-0.05, 0) is 57.5 Å². The van der Waals surface area contributed by atoms with E-state index in [1.54, 1.807) is 53.1 Å². The SMILES string of the molecule is COc1ccc(CN(C(=O)c2cccnc2)C(C)C(=O)OC(C)(C)C)cc1. The number of ether oxygens (including phenoxy) is 2. The number of carbonyl (C=O) groups is 2. The number of amides is 1. The van der Waals surface area contributed by atoms with Gasteiger partial charge in [0.05, 0.1) is 12.7 Å². The lowest BCUT2D eigenvalue weighted by molar-refractivity contribution is -0.160. The Bertz CT molecular complexity index is 767. The van der Waals surface area contributed by atoms with Crippen molar-refractivity contribution in [1.29, 1.82) is 0 Å². The monoisotopic (exact) mass is 370 g/mol. The molecule has 0 radical (unpaired) electrons. The number of hydrogen-bond donors (Lipinski definition) is 0. The first-order valence-corrected chi connectivity index (χ1v) is 8.78. The summed E-state index contributed by atoms with van der Waals surface area (Å²) in [7, 11) is 1.60. The van der Waals surface area contributed by atoms with Gasteiger partial charge >= 0.3 is 5.97 Å². The fourth-order valence-electron chi connectivity index (χ4n) is 2.48. The molecule has 0 saturated carbocycles. The van der Waals surface area contributed by atoms with Crippen LogP contribution in [0, 0.1) is 0 Å². The van der Waals surface area contributed by atoms with Gasteiger partial charge in [0, 0.05) is 18.9 Å². The Hall–Kier alpha value is -2.89. The van der Waals surface area contributed by atoms with Crippen LogP contribution in [-0.4, -0.2) is 40.5 Å². The molecular formula is C21H26N2O4. The molecule has 0 saturated heterocycles. The summed E-state index contributed by atoms with van der Waals surface area (Å²) in [6, 6.07) is 9.99. The van der Waals surface area contributed by atoms with Gasteiger partial charge in [0.2, 0.25) is 0 Å². The van der Waals surface area contributed by atoms with Crippen molar-refractivity contribution >= 4 is 11.9 Å². The van der Waals surface area contributed by atoms with Gasteiger partial charge in [-0.25, -0.2) is 4.79 Å². The second-order valence-corrected chi connectivity index (χ2v) is 7.23. The van der Waals surface area contributed by atoms with E-state index in [0.29, 0.717) is 5.56 Å². The quantitative estimate of drug-likeness (QED) is 0.729. The summed E-state index contributed by atoms with van der Waals surface area (Å²) in [6.07, 6.45) is 3.09. The minimum absolute atomic E-state index is 0.262. The number of nitrogens with zero attached hydrogens (tertiary/aromatic N) is 2. The van der Waals surface area contributed by atoms with Crippen LogP contribution in [0.15, 0.2) is 48.8 Å². The van der Waals surface area contributed by atoms with Crippen LogP contribution in [0.1, 0.15) is 43.6 Å². The van der Waals surface area contributed by atoms with Crippen molar-refractivity contribution in [3.05, 3.63) is 59.9 Å². The number of carbonyl (C=O) groups excluding carboxylic acids is 2. The lowest BCUT2D eigenvalue weighted by atomic mass is 10.1. The van der Waals surface area contributed by atoms with E-state index in [2.05, 4.69) is 4.98 Å². The molecule has 0 N–H and O–H groups in total. The van der Waals surface area contributed by atoms with Crippen LogP contribution in [0.25, 0.3) is 0 Å². The maximum absolute atomic E-state index is 13.0. The third-order valence-electron chi connectivity index (χ3n) is 3.90. The normalized spacial score (nSPS) is 12.2. The molecule has 27 heavy (non-hydrogen) atoms. The first kappa shape index (κ1) is 20.4. The van der Waals surface area contributed by atoms with Crippen molar-refractivity contribution in [2.45, 2.75) is 45.9 Å². The summed E-state index contributed by atoms with van der Waals surface area (Å²) in [4.78, 5) is 31.1. The highest BCUT2D eigenvalue weighted by atomic mass is 16.6. The second-order valence-electron chi connectivity index (χ2n) is 7.23. The molecule has 2 aromatic rings. The maximum atomic E-state index is 13.0. The first-order chi connectivity index (χ1) is 12.7. The predicted octanol–water partition coefficient (Wildman–Crippen LogP) is 3.46. The van der Waals surface area contributed by atoms with Gasteiger partial charge in [-0.2, -0.15) is 0 Å². The molecule has 0 aliphatic heterocycles. The third-order valence-corrected chi connectivity index (χ3v) is 3.90. The average molecular weight is 370 g/mol. The largest absolute Gasteiger partial charge is 0.497 e. The molecule has 1 heterocycles. The van der Waals surface area contributed by atoms with Crippen molar-refractivity contribution in [3.8, 4) is 5.75 Å². The Kier molecular flexibility index (Phi) is 6.55. The number of rotatable bonds is 6. The summed E-state index contributed by atoms with van der Waals surface area (Å²) in [6.45, 7) is 7.33. The Labute approximate surface area is 160 Å². The van der Waals surface area contributed by atoms with Gasteiger partial charge < -0.3 is 14.4 Å². The Morgan fingerprint density at radius 2 is 1.81 bits per heavy atom. The van der Waals surface area contributed by atoms with Crippen molar-refractivity contribution < 1.29 is 19.1 Å². The number of benzene rings is 1. The minimum atomic E-state index is -0.751. The van der Waals surface area contributed by atoms with Crippen molar-refractivity contribution in [1.82, 2.24) is 9.88 Å². The van der Waals surface area contributed by atoms with Gasteiger partial charge in [-0.15, -0.1) is 0 Å². The lowest BCUT2D eigenvalue weighted by Gasteiger charge is -2.30. The van der Waals surface area contributed by atoms with Gasteiger partial charge in [0.1, 0.15) is 17.4 Å². The zero-order chi connectivity index (χ0) is 20.0. The molecule has 0 aliphatic carbocycles. The number of methoxy groups -OCH3 is 1. The van der Waals surface area contributed by atoms with Crippen molar-refractivity contribution in [2.75, 3.05) is 7.11 Å². The molecule has 2 rings (SSSR count). The highest BCUT2D eigenvalue weighted by Crippen LogP contribution is 2.18.